The lowest BCUT2D eigenvalue weighted by atomic mass is 9.98. The molecule has 1 amide bonds. The molecule has 0 aromatic heterocycles. The normalized spacial score (nSPS) is 21.0. The van der Waals surface area contributed by atoms with E-state index in [0.29, 0.717) is 6.42 Å². The minimum absolute atomic E-state index is 0.252. The number of rotatable bonds is 44. The van der Waals surface area contributed by atoms with Crippen LogP contribution in [0.1, 0.15) is 251 Å². The van der Waals surface area contributed by atoms with Gasteiger partial charge in [0.15, 0.2) is 6.29 Å². The van der Waals surface area contributed by atoms with Gasteiger partial charge in [-0.1, -0.05) is 232 Å². The molecule has 0 aromatic carbocycles. The quantitative estimate of drug-likeness (QED) is 0.0295. The fraction of sp³-hybridized carbons (Fsp3) is 0.980. The molecule has 0 aliphatic carbocycles. The molecule has 1 fully saturated rings. The average Bonchev–Trinajstić information content (AvgIpc) is 3.25. The van der Waals surface area contributed by atoms with Crippen LogP contribution in [0.5, 0.6) is 0 Å². The van der Waals surface area contributed by atoms with Crippen molar-refractivity contribution in [3.05, 3.63) is 0 Å². The molecule has 358 valence electrons. The summed E-state index contributed by atoms with van der Waals surface area (Å²) in [6.07, 6.45) is 35.4. The van der Waals surface area contributed by atoms with Crippen LogP contribution in [-0.4, -0.2) is 98.7 Å². The lowest BCUT2D eigenvalue weighted by Gasteiger charge is -2.40. The molecule has 0 spiro atoms. The van der Waals surface area contributed by atoms with Crippen LogP contribution in [0, 0.1) is 0 Å². The Labute approximate surface area is 368 Å². The molecule has 1 rings (SSSR count). The summed E-state index contributed by atoms with van der Waals surface area (Å²) in [5.41, 5.74) is 0. The molecule has 1 aliphatic heterocycles. The number of aliphatic hydroxyl groups is 6. The van der Waals surface area contributed by atoms with Crippen molar-refractivity contribution in [2.75, 3.05) is 13.2 Å². The Morgan fingerprint density at radius 2 is 0.867 bits per heavy atom. The SMILES string of the molecule is CCCCCCCCCCCCCCCCCCCCCCCC(=O)N[C@H](CO[C@H]1O[C@H](CO)[C@H](O)[C@H](O)[C@H]1O)[C@@H](O)[C@@H](O)CCCCCCCCCCCCCCCC. The van der Waals surface area contributed by atoms with Crippen LogP contribution in [0.15, 0.2) is 0 Å². The Balaban J connectivity index is 2.30. The van der Waals surface area contributed by atoms with Crippen LogP contribution in [0.3, 0.4) is 0 Å². The first kappa shape index (κ1) is 57.2. The fourth-order valence-electron chi connectivity index (χ4n) is 8.61. The van der Waals surface area contributed by atoms with E-state index in [1.807, 2.05) is 0 Å². The minimum Gasteiger partial charge on any atom is -0.394 e. The topological polar surface area (TPSA) is 169 Å². The summed E-state index contributed by atoms with van der Waals surface area (Å²) in [5.74, 6) is -0.252. The third-order valence-corrected chi connectivity index (χ3v) is 12.8. The lowest BCUT2D eigenvalue weighted by Crippen LogP contribution is -2.60. The van der Waals surface area contributed by atoms with Crippen molar-refractivity contribution in [1.29, 1.82) is 0 Å². The fourth-order valence-corrected chi connectivity index (χ4v) is 8.61. The first-order valence-electron chi connectivity index (χ1n) is 25.8. The highest BCUT2D eigenvalue weighted by Gasteiger charge is 2.44. The third kappa shape index (κ3) is 30.3. The number of nitrogens with one attached hydrogen (secondary N) is 1. The van der Waals surface area contributed by atoms with Gasteiger partial charge in [-0.3, -0.25) is 4.79 Å². The molecule has 1 aliphatic rings. The zero-order valence-corrected chi connectivity index (χ0v) is 39.1. The number of unbranched alkanes of at least 4 members (excludes halogenated alkanes) is 33. The van der Waals surface area contributed by atoms with Gasteiger partial charge in [0.05, 0.1) is 25.4 Å². The largest absolute Gasteiger partial charge is 0.394 e. The van der Waals surface area contributed by atoms with Crippen molar-refractivity contribution in [3.8, 4) is 0 Å². The van der Waals surface area contributed by atoms with E-state index in [1.165, 1.54) is 186 Å². The van der Waals surface area contributed by atoms with Gasteiger partial charge < -0.3 is 45.4 Å². The molecule has 0 radical (unpaired) electrons. The van der Waals surface area contributed by atoms with E-state index in [1.54, 1.807) is 0 Å². The zero-order valence-electron chi connectivity index (χ0n) is 39.1. The molecular weight excluding hydrogens is 759 g/mol. The van der Waals surface area contributed by atoms with Crippen LogP contribution in [0.2, 0.25) is 0 Å². The predicted molar refractivity (Wildman–Crippen MR) is 246 cm³/mol. The number of carbonyl (C=O) groups excluding carboxylic acids is 1. The highest BCUT2D eigenvalue weighted by Crippen LogP contribution is 2.23. The van der Waals surface area contributed by atoms with Crippen molar-refractivity contribution >= 4 is 5.91 Å². The standard InChI is InChI=1S/C50H99NO9/c1-3-5-7-9-11-13-15-17-19-20-21-22-23-24-25-27-29-31-33-35-37-39-45(54)51-42(41-59-50-49(58)48(57)47(56)44(40-52)60-50)46(55)43(53)38-36-34-32-30-28-26-18-16-14-12-10-8-6-4-2/h42-44,46-50,52-53,55-58H,3-41H2,1-2H3,(H,51,54)/t42-,43+,44-,46-,47+,48+,49-,50+/m1/s1. The van der Waals surface area contributed by atoms with E-state index >= 15 is 0 Å². The Morgan fingerprint density at radius 3 is 1.23 bits per heavy atom. The van der Waals surface area contributed by atoms with E-state index < -0.39 is 55.6 Å². The number of amides is 1. The second-order valence-corrected chi connectivity index (χ2v) is 18.5. The molecule has 7 N–H and O–H groups in total. The Morgan fingerprint density at radius 1 is 0.517 bits per heavy atom. The Hall–Kier alpha value is -0.850. The maximum atomic E-state index is 13.0. The highest BCUT2D eigenvalue weighted by molar-refractivity contribution is 5.76. The van der Waals surface area contributed by atoms with Crippen LogP contribution in [0.4, 0.5) is 0 Å². The number of carbonyl (C=O) groups is 1. The van der Waals surface area contributed by atoms with Crippen LogP contribution >= 0.6 is 0 Å². The first-order chi connectivity index (χ1) is 29.3. The maximum Gasteiger partial charge on any atom is 0.220 e. The summed E-state index contributed by atoms with van der Waals surface area (Å²) < 4.78 is 11.2. The van der Waals surface area contributed by atoms with E-state index in [4.69, 9.17) is 9.47 Å². The molecular formula is C50H99NO9. The zero-order chi connectivity index (χ0) is 43.9. The second kappa shape index (κ2) is 40.9. The average molecular weight is 858 g/mol. The van der Waals surface area contributed by atoms with Crippen molar-refractivity contribution in [2.45, 2.75) is 300 Å². The van der Waals surface area contributed by atoms with Gasteiger partial charge in [-0.15, -0.1) is 0 Å². The van der Waals surface area contributed by atoms with Gasteiger partial charge >= 0.3 is 0 Å². The summed E-state index contributed by atoms with van der Waals surface area (Å²) in [5, 5.41) is 65.3. The molecule has 0 unspecified atom stereocenters. The molecule has 0 saturated carbocycles. The van der Waals surface area contributed by atoms with Crippen LogP contribution in [-0.2, 0) is 14.3 Å². The van der Waals surface area contributed by atoms with Gasteiger partial charge in [0, 0.05) is 6.42 Å². The summed E-state index contributed by atoms with van der Waals surface area (Å²) in [7, 11) is 0. The van der Waals surface area contributed by atoms with Gasteiger partial charge in [-0.25, -0.2) is 0 Å². The summed E-state index contributed by atoms with van der Waals surface area (Å²) in [6.45, 7) is 3.64. The predicted octanol–water partition coefficient (Wildman–Crippen LogP) is 10.5. The molecule has 60 heavy (non-hydrogen) atoms. The molecule has 0 bridgehead atoms. The van der Waals surface area contributed by atoms with Gasteiger partial charge in [0.1, 0.15) is 30.5 Å². The first-order valence-corrected chi connectivity index (χ1v) is 25.8. The number of hydrogen-bond acceptors (Lipinski definition) is 9. The molecule has 0 aromatic rings. The van der Waals surface area contributed by atoms with E-state index in [-0.39, 0.29) is 18.9 Å². The summed E-state index contributed by atoms with van der Waals surface area (Å²) in [4.78, 5) is 13.0. The van der Waals surface area contributed by atoms with Crippen molar-refractivity contribution in [3.63, 3.8) is 0 Å². The van der Waals surface area contributed by atoms with E-state index in [0.717, 1.165) is 38.5 Å². The lowest BCUT2D eigenvalue weighted by molar-refractivity contribution is -0.303. The van der Waals surface area contributed by atoms with E-state index in [2.05, 4.69) is 19.2 Å². The van der Waals surface area contributed by atoms with Crippen LogP contribution in [0.25, 0.3) is 0 Å². The Kier molecular flexibility index (Phi) is 39.0. The number of ether oxygens (including phenoxy) is 2. The molecule has 1 heterocycles. The van der Waals surface area contributed by atoms with Gasteiger partial charge in [0.25, 0.3) is 0 Å². The van der Waals surface area contributed by atoms with Crippen molar-refractivity contribution in [2.24, 2.45) is 0 Å². The smallest absolute Gasteiger partial charge is 0.220 e. The van der Waals surface area contributed by atoms with Crippen molar-refractivity contribution in [1.82, 2.24) is 5.32 Å². The third-order valence-electron chi connectivity index (χ3n) is 12.8. The van der Waals surface area contributed by atoms with Crippen molar-refractivity contribution < 1.29 is 44.9 Å². The molecule has 10 heteroatoms. The number of aliphatic hydroxyl groups excluding tert-OH is 6. The summed E-state index contributed by atoms with van der Waals surface area (Å²) in [6, 6.07) is -0.985. The minimum atomic E-state index is -1.60. The molecule has 10 nitrogen and oxygen atoms in total. The van der Waals surface area contributed by atoms with Crippen LogP contribution < -0.4 is 5.32 Å². The van der Waals surface area contributed by atoms with Gasteiger partial charge in [-0.05, 0) is 12.8 Å². The molecule has 8 atom stereocenters. The molecule has 1 saturated heterocycles. The maximum absolute atomic E-state index is 13.0. The Bertz CT molecular complexity index is 926. The second-order valence-electron chi connectivity index (χ2n) is 18.5. The highest BCUT2D eigenvalue weighted by atomic mass is 16.7. The number of hydrogen-bond donors (Lipinski definition) is 7. The monoisotopic (exact) mass is 858 g/mol. The van der Waals surface area contributed by atoms with Gasteiger partial charge in [0.2, 0.25) is 5.91 Å². The summed E-state index contributed by atoms with van der Waals surface area (Å²) >= 11 is 0. The van der Waals surface area contributed by atoms with Gasteiger partial charge in [-0.2, -0.15) is 0 Å². The van der Waals surface area contributed by atoms with E-state index in [9.17, 15) is 35.4 Å².